The molecule has 0 aromatic heterocycles. The largest absolute Gasteiger partial charge is 0.382 e. The van der Waals surface area contributed by atoms with Gasteiger partial charge in [0.1, 0.15) is 0 Å². The number of hydrogen-bond acceptors (Lipinski definition) is 3. The molecule has 0 spiro atoms. The minimum absolute atomic E-state index is 0.339. The number of oxime groups is 1. The van der Waals surface area contributed by atoms with Gasteiger partial charge in [0.05, 0.1) is 21.4 Å². The van der Waals surface area contributed by atoms with E-state index in [0.717, 1.165) is 15.7 Å². The molecule has 23 heavy (non-hydrogen) atoms. The molecule has 1 amide bonds. The van der Waals surface area contributed by atoms with E-state index in [1.807, 2.05) is 24.3 Å². The van der Waals surface area contributed by atoms with Gasteiger partial charge in [0.15, 0.2) is 0 Å². The lowest BCUT2D eigenvalue weighted by Crippen LogP contribution is -2.28. The van der Waals surface area contributed by atoms with Gasteiger partial charge >= 0.3 is 0 Å². The van der Waals surface area contributed by atoms with Crippen molar-refractivity contribution >= 4 is 56.4 Å². The summed E-state index contributed by atoms with van der Waals surface area (Å²) in [6.45, 7) is 0. The Morgan fingerprint density at radius 2 is 1.91 bits per heavy atom. The Bertz CT molecular complexity index is 775. The Hall–Kier alpha value is -1.56. The summed E-state index contributed by atoms with van der Waals surface area (Å²) in [7, 11) is 0. The molecule has 1 atom stereocenters. The van der Waals surface area contributed by atoms with E-state index >= 15 is 0 Å². The summed E-state index contributed by atoms with van der Waals surface area (Å²) in [6.07, 6.45) is -0.332. The lowest BCUT2D eigenvalue weighted by Gasteiger charge is -2.12. The molecule has 118 valence electrons. The van der Waals surface area contributed by atoms with Crippen molar-refractivity contribution in [2.75, 3.05) is 5.32 Å². The van der Waals surface area contributed by atoms with E-state index in [9.17, 15) is 4.79 Å². The standard InChI is InChI=1S/C16H11BrCl2N2O2/c17-10-4-1-3-9(7-10)13-8-14(23-21-13)16(22)20-15-11(18)5-2-6-12(15)19/h1-7,14H,8H2,(H,20,22)/t14-/m0/s1. The van der Waals surface area contributed by atoms with Gasteiger partial charge < -0.3 is 10.2 Å². The van der Waals surface area contributed by atoms with Crippen molar-refractivity contribution in [1.29, 1.82) is 0 Å². The number of rotatable bonds is 3. The highest BCUT2D eigenvalue weighted by Gasteiger charge is 2.29. The first-order chi connectivity index (χ1) is 11.0. The van der Waals surface area contributed by atoms with E-state index in [1.165, 1.54) is 0 Å². The molecule has 0 saturated heterocycles. The van der Waals surface area contributed by atoms with Crippen molar-refractivity contribution in [3.8, 4) is 0 Å². The van der Waals surface area contributed by atoms with Crippen molar-refractivity contribution in [2.45, 2.75) is 12.5 Å². The van der Waals surface area contributed by atoms with Crippen LogP contribution in [0.1, 0.15) is 12.0 Å². The van der Waals surface area contributed by atoms with E-state index < -0.39 is 6.10 Å². The van der Waals surface area contributed by atoms with E-state index in [4.69, 9.17) is 28.0 Å². The average Bonchev–Trinajstić information content (AvgIpc) is 3.01. The maximum atomic E-state index is 12.3. The zero-order valence-electron chi connectivity index (χ0n) is 11.7. The first-order valence-corrected chi connectivity index (χ1v) is 8.33. The lowest BCUT2D eigenvalue weighted by molar-refractivity contribution is -0.125. The molecule has 1 N–H and O–H groups in total. The molecule has 1 aliphatic rings. The SMILES string of the molecule is O=C(Nc1c(Cl)cccc1Cl)[C@@H]1CC(c2cccc(Br)c2)=NO1. The normalized spacial score (nSPS) is 16.7. The van der Waals surface area contributed by atoms with Gasteiger partial charge in [-0.25, -0.2) is 0 Å². The number of nitrogens with one attached hydrogen (secondary N) is 1. The Balaban J connectivity index is 1.69. The molecule has 0 fully saturated rings. The predicted octanol–water partition coefficient (Wildman–Crippen LogP) is 4.89. The quantitative estimate of drug-likeness (QED) is 0.778. The maximum Gasteiger partial charge on any atom is 0.268 e. The summed E-state index contributed by atoms with van der Waals surface area (Å²) in [4.78, 5) is 17.6. The number of halogens is 3. The number of carbonyl (C=O) groups excluding carboxylic acids is 1. The fourth-order valence-corrected chi connectivity index (χ4v) is 3.07. The number of para-hydroxylation sites is 1. The van der Waals surface area contributed by atoms with Crippen LogP contribution in [0.15, 0.2) is 52.1 Å². The number of nitrogens with zero attached hydrogens (tertiary/aromatic N) is 1. The summed E-state index contributed by atoms with van der Waals surface area (Å²) in [5.41, 5.74) is 2.00. The smallest absolute Gasteiger partial charge is 0.268 e. The molecule has 4 nitrogen and oxygen atoms in total. The van der Waals surface area contributed by atoms with Crippen LogP contribution in [-0.2, 0) is 9.63 Å². The van der Waals surface area contributed by atoms with Gasteiger partial charge in [0, 0.05) is 16.5 Å². The number of carbonyl (C=O) groups is 1. The van der Waals surface area contributed by atoms with Gasteiger partial charge in [-0.1, -0.05) is 62.5 Å². The molecule has 7 heteroatoms. The Morgan fingerprint density at radius 1 is 1.22 bits per heavy atom. The summed E-state index contributed by atoms with van der Waals surface area (Å²) < 4.78 is 0.938. The third-order valence-electron chi connectivity index (χ3n) is 3.33. The van der Waals surface area contributed by atoms with Gasteiger partial charge in [0.25, 0.3) is 5.91 Å². The van der Waals surface area contributed by atoms with Crippen LogP contribution in [0.25, 0.3) is 0 Å². The third kappa shape index (κ3) is 3.68. The average molecular weight is 414 g/mol. The Labute approximate surface area is 151 Å². The summed E-state index contributed by atoms with van der Waals surface area (Å²) in [6, 6.07) is 12.7. The summed E-state index contributed by atoms with van der Waals surface area (Å²) in [5.74, 6) is -0.339. The van der Waals surface area contributed by atoms with Crippen LogP contribution < -0.4 is 5.32 Å². The van der Waals surface area contributed by atoms with Crippen molar-refractivity contribution in [1.82, 2.24) is 0 Å². The molecular formula is C16H11BrCl2N2O2. The van der Waals surface area contributed by atoms with Crippen LogP contribution in [0.2, 0.25) is 10.0 Å². The molecule has 3 rings (SSSR count). The minimum Gasteiger partial charge on any atom is -0.382 e. The zero-order valence-corrected chi connectivity index (χ0v) is 14.8. The van der Waals surface area contributed by atoms with Gasteiger partial charge in [-0.3, -0.25) is 4.79 Å². The predicted molar refractivity (Wildman–Crippen MR) is 95.3 cm³/mol. The monoisotopic (exact) mass is 412 g/mol. The second kappa shape index (κ2) is 6.91. The molecule has 2 aromatic carbocycles. The molecule has 0 unspecified atom stereocenters. The number of benzene rings is 2. The van der Waals surface area contributed by atoms with Crippen molar-refractivity contribution in [3.63, 3.8) is 0 Å². The van der Waals surface area contributed by atoms with Gasteiger partial charge in [-0.15, -0.1) is 0 Å². The minimum atomic E-state index is -0.712. The van der Waals surface area contributed by atoms with Gasteiger partial charge in [-0.2, -0.15) is 0 Å². The highest BCUT2D eigenvalue weighted by Crippen LogP contribution is 2.30. The second-order valence-electron chi connectivity index (χ2n) is 4.93. The molecule has 1 heterocycles. The number of anilines is 1. The summed E-state index contributed by atoms with van der Waals surface area (Å²) in [5, 5.41) is 7.44. The van der Waals surface area contributed by atoms with E-state index in [2.05, 4.69) is 26.4 Å². The topological polar surface area (TPSA) is 50.7 Å². The highest BCUT2D eigenvalue weighted by atomic mass is 79.9. The Morgan fingerprint density at radius 3 is 2.61 bits per heavy atom. The van der Waals surface area contributed by atoms with Crippen molar-refractivity contribution < 1.29 is 9.63 Å². The Kier molecular flexibility index (Phi) is 4.90. The number of hydrogen-bond donors (Lipinski definition) is 1. The van der Waals surface area contributed by atoms with Crippen LogP contribution >= 0.6 is 39.1 Å². The van der Waals surface area contributed by atoms with Crippen LogP contribution in [0, 0.1) is 0 Å². The van der Waals surface area contributed by atoms with E-state index in [-0.39, 0.29) is 5.91 Å². The third-order valence-corrected chi connectivity index (χ3v) is 4.45. The molecule has 0 aliphatic carbocycles. The van der Waals surface area contributed by atoms with E-state index in [0.29, 0.717) is 22.2 Å². The highest BCUT2D eigenvalue weighted by molar-refractivity contribution is 9.10. The molecule has 0 bridgehead atoms. The van der Waals surface area contributed by atoms with Crippen LogP contribution in [0.5, 0.6) is 0 Å². The fourth-order valence-electron chi connectivity index (χ4n) is 2.18. The summed E-state index contributed by atoms with van der Waals surface area (Å²) >= 11 is 15.5. The van der Waals surface area contributed by atoms with Crippen LogP contribution in [0.4, 0.5) is 5.69 Å². The first-order valence-electron chi connectivity index (χ1n) is 6.78. The first kappa shape index (κ1) is 16.3. The molecule has 0 radical (unpaired) electrons. The van der Waals surface area contributed by atoms with Crippen LogP contribution in [0.3, 0.4) is 0 Å². The van der Waals surface area contributed by atoms with Gasteiger partial charge in [-0.05, 0) is 24.3 Å². The molecular weight excluding hydrogens is 403 g/mol. The molecule has 1 aliphatic heterocycles. The van der Waals surface area contributed by atoms with E-state index in [1.54, 1.807) is 18.2 Å². The van der Waals surface area contributed by atoms with Crippen molar-refractivity contribution in [2.24, 2.45) is 5.16 Å². The molecule has 0 saturated carbocycles. The maximum absolute atomic E-state index is 12.3. The number of amides is 1. The molecule has 2 aromatic rings. The van der Waals surface area contributed by atoms with Crippen LogP contribution in [-0.4, -0.2) is 17.7 Å². The van der Waals surface area contributed by atoms with Gasteiger partial charge in [0.2, 0.25) is 6.10 Å². The zero-order chi connectivity index (χ0) is 16.4. The van der Waals surface area contributed by atoms with Crippen molar-refractivity contribution in [3.05, 3.63) is 62.5 Å². The lowest BCUT2D eigenvalue weighted by atomic mass is 10.0. The fraction of sp³-hybridized carbons (Fsp3) is 0.125. The second-order valence-corrected chi connectivity index (χ2v) is 6.66.